The van der Waals surface area contributed by atoms with Crippen molar-refractivity contribution >= 4 is 43.2 Å². The summed E-state index contributed by atoms with van der Waals surface area (Å²) < 4.78 is 2.35. The molecule has 1 aromatic heterocycles. The molecule has 0 fully saturated rings. The Balaban J connectivity index is 1.84. The topological polar surface area (TPSA) is 12.0 Å². The Morgan fingerprint density at radius 2 is 1.89 bits per heavy atom. The van der Waals surface area contributed by atoms with Crippen LogP contribution in [0.4, 0.5) is 0 Å². The molecule has 0 bridgehead atoms. The summed E-state index contributed by atoms with van der Waals surface area (Å²) in [5.74, 6) is 0. The zero-order chi connectivity index (χ0) is 13.8. The Bertz CT molecular complexity index is 514. The van der Waals surface area contributed by atoms with Gasteiger partial charge in [-0.05, 0) is 60.0 Å². The highest BCUT2D eigenvalue weighted by Crippen LogP contribution is 2.26. The summed E-state index contributed by atoms with van der Waals surface area (Å²) >= 11 is 8.87. The quantitative estimate of drug-likeness (QED) is 0.715. The summed E-state index contributed by atoms with van der Waals surface area (Å²) in [6.07, 6.45) is 1.05. The number of aryl methyl sites for hydroxylation is 1. The fourth-order valence-corrected chi connectivity index (χ4v) is 3.74. The van der Waals surface area contributed by atoms with Gasteiger partial charge in [-0.1, -0.05) is 28.1 Å². The fourth-order valence-electron chi connectivity index (χ4n) is 1.93. The maximum atomic E-state index is 3.58. The second kappa shape index (κ2) is 7.02. The highest BCUT2D eigenvalue weighted by atomic mass is 79.9. The second-order valence-electron chi connectivity index (χ2n) is 4.73. The molecule has 1 atom stereocenters. The van der Waals surface area contributed by atoms with Crippen molar-refractivity contribution < 1.29 is 0 Å². The van der Waals surface area contributed by atoms with Crippen LogP contribution in [-0.4, -0.2) is 6.04 Å². The van der Waals surface area contributed by atoms with E-state index < -0.39 is 0 Å². The summed E-state index contributed by atoms with van der Waals surface area (Å²) in [5, 5.41) is 3.58. The molecule has 0 spiro atoms. The van der Waals surface area contributed by atoms with E-state index in [2.05, 4.69) is 81.4 Å². The molecule has 1 unspecified atom stereocenters. The van der Waals surface area contributed by atoms with Gasteiger partial charge >= 0.3 is 0 Å². The van der Waals surface area contributed by atoms with Crippen molar-refractivity contribution in [3.05, 3.63) is 54.6 Å². The van der Waals surface area contributed by atoms with Crippen LogP contribution in [0.1, 0.15) is 22.2 Å². The third kappa shape index (κ3) is 4.71. The number of hydrogen-bond acceptors (Lipinski definition) is 2. The first-order valence-electron chi connectivity index (χ1n) is 6.27. The third-order valence-electron chi connectivity index (χ3n) is 2.99. The first-order chi connectivity index (χ1) is 9.04. The molecule has 102 valence electrons. The smallest absolute Gasteiger partial charge is 0.0314 e. The normalized spacial score (nSPS) is 12.6. The standard InChI is InChI=1S/C15H17Br2NS/c1-10(7-12-3-5-13(16)6-4-12)18-9-14-8-15(17)11(2)19-14/h3-6,8,10,18H,7,9H2,1-2H3. The Hall–Kier alpha value is -0.160. The maximum Gasteiger partial charge on any atom is 0.0314 e. The van der Waals surface area contributed by atoms with E-state index in [1.165, 1.54) is 19.8 Å². The summed E-state index contributed by atoms with van der Waals surface area (Å²) in [6, 6.07) is 11.2. The van der Waals surface area contributed by atoms with E-state index in [0.717, 1.165) is 17.4 Å². The van der Waals surface area contributed by atoms with Crippen LogP contribution < -0.4 is 5.32 Å². The van der Waals surface area contributed by atoms with Gasteiger partial charge in [0.05, 0.1) is 0 Å². The number of nitrogens with one attached hydrogen (secondary N) is 1. The van der Waals surface area contributed by atoms with Gasteiger partial charge < -0.3 is 5.32 Å². The molecule has 2 rings (SSSR count). The van der Waals surface area contributed by atoms with E-state index in [4.69, 9.17) is 0 Å². The maximum absolute atomic E-state index is 3.58. The molecule has 0 amide bonds. The van der Waals surface area contributed by atoms with Gasteiger partial charge in [0.1, 0.15) is 0 Å². The number of hydrogen-bond donors (Lipinski definition) is 1. The Labute approximate surface area is 135 Å². The molecule has 4 heteroatoms. The van der Waals surface area contributed by atoms with Crippen molar-refractivity contribution in [2.24, 2.45) is 0 Å². The average molecular weight is 403 g/mol. The molecule has 0 aliphatic heterocycles. The summed E-state index contributed by atoms with van der Waals surface area (Å²) in [4.78, 5) is 2.73. The minimum Gasteiger partial charge on any atom is -0.309 e. The van der Waals surface area contributed by atoms with Gasteiger partial charge in [0, 0.05) is 31.3 Å². The van der Waals surface area contributed by atoms with Crippen LogP contribution in [0, 0.1) is 6.92 Å². The van der Waals surface area contributed by atoms with Crippen molar-refractivity contribution in [2.45, 2.75) is 32.9 Å². The molecule has 2 aromatic rings. The molecule has 0 radical (unpaired) electrons. The van der Waals surface area contributed by atoms with Gasteiger partial charge in [0.25, 0.3) is 0 Å². The Kier molecular flexibility index (Phi) is 5.63. The number of halogens is 2. The predicted molar refractivity (Wildman–Crippen MR) is 90.9 cm³/mol. The van der Waals surface area contributed by atoms with Crippen LogP contribution in [0.3, 0.4) is 0 Å². The minimum atomic E-state index is 0.474. The Morgan fingerprint density at radius 1 is 1.21 bits per heavy atom. The second-order valence-corrected chi connectivity index (χ2v) is 7.84. The van der Waals surface area contributed by atoms with E-state index in [0.29, 0.717) is 6.04 Å². The van der Waals surface area contributed by atoms with Crippen LogP contribution in [0.15, 0.2) is 39.3 Å². The zero-order valence-electron chi connectivity index (χ0n) is 11.0. The van der Waals surface area contributed by atoms with E-state index in [1.54, 1.807) is 0 Å². The largest absolute Gasteiger partial charge is 0.309 e. The summed E-state index contributed by atoms with van der Waals surface area (Å²) in [7, 11) is 0. The molecular formula is C15H17Br2NS. The molecule has 1 aromatic carbocycles. The first kappa shape index (κ1) is 15.2. The molecule has 0 aliphatic carbocycles. The minimum absolute atomic E-state index is 0.474. The number of rotatable bonds is 5. The zero-order valence-corrected chi connectivity index (χ0v) is 15.0. The van der Waals surface area contributed by atoms with E-state index >= 15 is 0 Å². The number of thiophene rings is 1. The molecule has 1 N–H and O–H groups in total. The average Bonchev–Trinajstić information content (AvgIpc) is 2.69. The molecule has 0 saturated heterocycles. The van der Waals surface area contributed by atoms with Crippen LogP contribution in [-0.2, 0) is 13.0 Å². The van der Waals surface area contributed by atoms with Gasteiger partial charge in [-0.3, -0.25) is 0 Å². The van der Waals surface area contributed by atoms with Crippen molar-refractivity contribution in [1.82, 2.24) is 5.32 Å². The number of benzene rings is 1. The van der Waals surface area contributed by atoms with Crippen molar-refractivity contribution in [1.29, 1.82) is 0 Å². The highest BCUT2D eigenvalue weighted by Gasteiger charge is 2.06. The summed E-state index contributed by atoms with van der Waals surface area (Å²) in [6.45, 7) is 5.32. The lowest BCUT2D eigenvalue weighted by atomic mass is 10.1. The third-order valence-corrected chi connectivity index (χ3v) is 5.65. The van der Waals surface area contributed by atoms with Crippen LogP contribution in [0.25, 0.3) is 0 Å². The van der Waals surface area contributed by atoms with Crippen molar-refractivity contribution in [3.8, 4) is 0 Å². The van der Waals surface area contributed by atoms with Crippen molar-refractivity contribution in [2.75, 3.05) is 0 Å². The summed E-state index contributed by atoms with van der Waals surface area (Å²) in [5.41, 5.74) is 1.37. The predicted octanol–water partition coefficient (Wildman–Crippen LogP) is 5.30. The lowest BCUT2D eigenvalue weighted by Crippen LogP contribution is -2.27. The van der Waals surface area contributed by atoms with Gasteiger partial charge in [-0.15, -0.1) is 11.3 Å². The van der Waals surface area contributed by atoms with Crippen LogP contribution in [0.2, 0.25) is 0 Å². The fraction of sp³-hybridized carbons (Fsp3) is 0.333. The monoisotopic (exact) mass is 401 g/mol. The van der Waals surface area contributed by atoms with Crippen LogP contribution in [0.5, 0.6) is 0 Å². The lowest BCUT2D eigenvalue weighted by Gasteiger charge is -2.13. The van der Waals surface area contributed by atoms with Crippen LogP contribution >= 0.6 is 43.2 Å². The van der Waals surface area contributed by atoms with Crippen molar-refractivity contribution in [3.63, 3.8) is 0 Å². The van der Waals surface area contributed by atoms with Gasteiger partial charge in [0.2, 0.25) is 0 Å². The SMILES string of the molecule is Cc1sc(CNC(C)Cc2ccc(Br)cc2)cc1Br. The molecule has 1 nitrogen and oxygen atoms in total. The van der Waals surface area contributed by atoms with Gasteiger partial charge in [-0.2, -0.15) is 0 Å². The molecular weight excluding hydrogens is 386 g/mol. The van der Waals surface area contributed by atoms with E-state index in [9.17, 15) is 0 Å². The lowest BCUT2D eigenvalue weighted by molar-refractivity contribution is 0.549. The molecule has 19 heavy (non-hydrogen) atoms. The van der Waals surface area contributed by atoms with E-state index in [-0.39, 0.29) is 0 Å². The Morgan fingerprint density at radius 3 is 2.47 bits per heavy atom. The van der Waals surface area contributed by atoms with Gasteiger partial charge in [0.15, 0.2) is 0 Å². The first-order valence-corrected chi connectivity index (χ1v) is 8.67. The molecule has 1 heterocycles. The highest BCUT2D eigenvalue weighted by molar-refractivity contribution is 9.10. The molecule has 0 aliphatic rings. The van der Waals surface area contributed by atoms with E-state index in [1.807, 2.05) is 11.3 Å². The van der Waals surface area contributed by atoms with Gasteiger partial charge in [-0.25, -0.2) is 0 Å². The molecule has 0 saturated carbocycles.